The Hall–Kier alpha value is -1.20. The maximum absolute atomic E-state index is 12.3. The van der Waals surface area contributed by atoms with Gasteiger partial charge in [-0.25, -0.2) is 0 Å². The molecule has 0 radical (unpaired) electrons. The number of piperazine rings is 1. The third-order valence-corrected chi connectivity index (χ3v) is 4.04. The van der Waals surface area contributed by atoms with Crippen molar-refractivity contribution in [2.24, 2.45) is 5.92 Å². The fraction of sp³-hybridized carbons (Fsp3) is 0.600. The summed E-state index contributed by atoms with van der Waals surface area (Å²) in [6.07, 6.45) is 2.46. The lowest BCUT2D eigenvalue weighted by Gasteiger charge is -2.35. The predicted octanol–water partition coefficient (Wildman–Crippen LogP) is 2.64. The third kappa shape index (κ3) is 3.27. The Morgan fingerprint density at radius 3 is 2.60 bits per heavy atom. The molecule has 3 rings (SSSR count). The van der Waals surface area contributed by atoms with Gasteiger partial charge in [-0.2, -0.15) is 8.78 Å². The predicted molar refractivity (Wildman–Crippen MR) is 73.0 cm³/mol. The Labute approximate surface area is 117 Å². The molecule has 1 aromatic rings. The molecule has 1 N–H and O–H groups in total. The van der Waals surface area contributed by atoms with Crippen LogP contribution in [0.25, 0.3) is 0 Å². The van der Waals surface area contributed by atoms with E-state index in [1.807, 2.05) is 12.1 Å². The third-order valence-electron chi connectivity index (χ3n) is 4.04. The molecule has 0 aromatic heterocycles. The standard InChI is InChI=1S/C15H20F2N2O/c16-15(17)20-13-3-1-2-12(10-13)14(11-4-5-11)19-8-6-18-7-9-19/h1-3,10-11,14-15,18H,4-9H2/t14-/m0/s1. The van der Waals surface area contributed by atoms with E-state index in [9.17, 15) is 8.78 Å². The second kappa shape index (κ2) is 6.06. The molecule has 0 unspecified atom stereocenters. The molecule has 0 spiro atoms. The fourth-order valence-corrected chi connectivity index (χ4v) is 3.03. The zero-order chi connectivity index (χ0) is 13.9. The number of rotatable bonds is 5. The number of nitrogens with zero attached hydrogens (tertiary/aromatic N) is 1. The molecule has 1 heterocycles. The van der Waals surface area contributed by atoms with Crippen LogP contribution < -0.4 is 10.1 Å². The first kappa shape index (κ1) is 13.8. The van der Waals surface area contributed by atoms with Crippen LogP contribution in [-0.4, -0.2) is 37.7 Å². The summed E-state index contributed by atoms with van der Waals surface area (Å²) < 4.78 is 29.2. The zero-order valence-electron chi connectivity index (χ0n) is 11.4. The number of ether oxygens (including phenoxy) is 1. The van der Waals surface area contributed by atoms with Gasteiger partial charge in [0.15, 0.2) is 0 Å². The lowest BCUT2D eigenvalue weighted by molar-refractivity contribution is -0.0499. The first-order valence-corrected chi connectivity index (χ1v) is 7.23. The number of alkyl halides is 2. The number of hydrogen-bond acceptors (Lipinski definition) is 3. The molecular formula is C15H20F2N2O. The summed E-state index contributed by atoms with van der Waals surface area (Å²) in [6.45, 7) is 1.26. The van der Waals surface area contributed by atoms with Crippen LogP contribution in [0, 0.1) is 5.92 Å². The summed E-state index contributed by atoms with van der Waals surface area (Å²) >= 11 is 0. The Kier molecular flexibility index (Phi) is 4.17. The minimum absolute atomic E-state index is 0.262. The highest BCUT2D eigenvalue weighted by Gasteiger charge is 2.36. The van der Waals surface area contributed by atoms with Gasteiger partial charge in [0, 0.05) is 32.2 Å². The van der Waals surface area contributed by atoms with Gasteiger partial charge in [-0.3, -0.25) is 4.90 Å². The van der Waals surface area contributed by atoms with E-state index >= 15 is 0 Å². The van der Waals surface area contributed by atoms with Crippen LogP contribution in [-0.2, 0) is 0 Å². The van der Waals surface area contributed by atoms with E-state index in [2.05, 4.69) is 15.0 Å². The van der Waals surface area contributed by atoms with Crippen molar-refractivity contribution in [3.63, 3.8) is 0 Å². The minimum atomic E-state index is -2.76. The molecule has 1 atom stereocenters. The van der Waals surface area contributed by atoms with Crippen molar-refractivity contribution < 1.29 is 13.5 Å². The molecule has 1 saturated heterocycles. The second-order valence-electron chi connectivity index (χ2n) is 5.52. The van der Waals surface area contributed by atoms with Crippen molar-refractivity contribution in [3.8, 4) is 5.75 Å². The van der Waals surface area contributed by atoms with Gasteiger partial charge in [0.05, 0.1) is 0 Å². The van der Waals surface area contributed by atoms with Gasteiger partial charge in [0.25, 0.3) is 0 Å². The van der Waals surface area contributed by atoms with Gasteiger partial charge in [0.2, 0.25) is 0 Å². The quantitative estimate of drug-likeness (QED) is 0.898. The van der Waals surface area contributed by atoms with E-state index in [1.54, 1.807) is 12.1 Å². The SMILES string of the molecule is FC(F)Oc1cccc([C@H](C2CC2)N2CCNCC2)c1. The highest BCUT2D eigenvalue weighted by atomic mass is 19.3. The van der Waals surface area contributed by atoms with Crippen LogP contribution in [0.15, 0.2) is 24.3 Å². The Morgan fingerprint density at radius 1 is 1.20 bits per heavy atom. The highest BCUT2D eigenvalue weighted by Crippen LogP contribution is 2.45. The monoisotopic (exact) mass is 282 g/mol. The van der Waals surface area contributed by atoms with Gasteiger partial charge >= 0.3 is 6.61 Å². The number of hydrogen-bond donors (Lipinski definition) is 1. The largest absolute Gasteiger partial charge is 0.435 e. The van der Waals surface area contributed by atoms with Gasteiger partial charge in [-0.15, -0.1) is 0 Å². The molecule has 0 bridgehead atoms. The molecule has 3 nitrogen and oxygen atoms in total. The van der Waals surface area contributed by atoms with Crippen LogP contribution in [0.1, 0.15) is 24.4 Å². The summed E-state index contributed by atoms with van der Waals surface area (Å²) in [5.41, 5.74) is 1.10. The first-order chi connectivity index (χ1) is 9.74. The molecule has 0 amide bonds. The van der Waals surface area contributed by atoms with Crippen LogP contribution in [0.2, 0.25) is 0 Å². The Morgan fingerprint density at radius 2 is 1.95 bits per heavy atom. The number of halogens is 2. The fourth-order valence-electron chi connectivity index (χ4n) is 3.03. The average molecular weight is 282 g/mol. The Bertz CT molecular complexity index is 445. The van der Waals surface area contributed by atoms with E-state index in [4.69, 9.17) is 0 Å². The summed E-state index contributed by atoms with van der Waals surface area (Å²) in [5, 5.41) is 3.35. The number of benzene rings is 1. The summed E-state index contributed by atoms with van der Waals surface area (Å²) in [5.74, 6) is 0.924. The molecular weight excluding hydrogens is 262 g/mol. The smallest absolute Gasteiger partial charge is 0.387 e. The van der Waals surface area contributed by atoms with Gasteiger partial charge in [-0.05, 0) is 36.5 Å². The lowest BCUT2D eigenvalue weighted by Crippen LogP contribution is -2.45. The zero-order valence-corrected chi connectivity index (χ0v) is 11.4. The Balaban J connectivity index is 1.79. The first-order valence-electron chi connectivity index (χ1n) is 7.23. The van der Waals surface area contributed by atoms with Crippen molar-refractivity contribution in [1.29, 1.82) is 0 Å². The molecule has 1 aromatic carbocycles. The van der Waals surface area contributed by atoms with Crippen molar-refractivity contribution in [2.75, 3.05) is 26.2 Å². The lowest BCUT2D eigenvalue weighted by atomic mass is 9.99. The number of nitrogens with one attached hydrogen (secondary N) is 1. The molecule has 2 fully saturated rings. The van der Waals surface area contributed by atoms with E-state index < -0.39 is 6.61 Å². The van der Waals surface area contributed by atoms with Gasteiger partial charge in [-0.1, -0.05) is 12.1 Å². The van der Waals surface area contributed by atoms with Gasteiger partial charge in [0.1, 0.15) is 5.75 Å². The molecule has 20 heavy (non-hydrogen) atoms. The topological polar surface area (TPSA) is 24.5 Å². The summed E-state index contributed by atoms with van der Waals surface area (Å²) in [6, 6.07) is 7.56. The molecule has 1 aliphatic carbocycles. The average Bonchev–Trinajstić information content (AvgIpc) is 3.25. The summed E-state index contributed by atoms with van der Waals surface area (Å²) in [7, 11) is 0. The maximum Gasteiger partial charge on any atom is 0.387 e. The van der Waals surface area contributed by atoms with E-state index in [0.717, 1.165) is 31.7 Å². The molecule has 2 aliphatic rings. The second-order valence-corrected chi connectivity index (χ2v) is 5.52. The summed E-state index contributed by atoms with van der Waals surface area (Å²) in [4.78, 5) is 2.47. The van der Waals surface area contributed by atoms with E-state index in [0.29, 0.717) is 12.0 Å². The van der Waals surface area contributed by atoms with Crippen LogP contribution in [0.4, 0.5) is 8.78 Å². The maximum atomic E-state index is 12.3. The van der Waals surface area contributed by atoms with Gasteiger partial charge < -0.3 is 10.1 Å². The molecule has 110 valence electrons. The van der Waals surface area contributed by atoms with E-state index in [-0.39, 0.29) is 5.75 Å². The van der Waals surface area contributed by atoms with Crippen molar-refractivity contribution in [1.82, 2.24) is 10.2 Å². The highest BCUT2D eigenvalue weighted by molar-refractivity contribution is 5.31. The van der Waals surface area contributed by atoms with Crippen molar-refractivity contribution >= 4 is 0 Å². The molecule has 1 saturated carbocycles. The van der Waals surface area contributed by atoms with Crippen molar-refractivity contribution in [3.05, 3.63) is 29.8 Å². The van der Waals surface area contributed by atoms with Crippen LogP contribution in [0.3, 0.4) is 0 Å². The van der Waals surface area contributed by atoms with E-state index in [1.165, 1.54) is 12.8 Å². The van der Waals surface area contributed by atoms with Crippen LogP contribution in [0.5, 0.6) is 5.75 Å². The van der Waals surface area contributed by atoms with Crippen molar-refractivity contribution in [2.45, 2.75) is 25.5 Å². The minimum Gasteiger partial charge on any atom is -0.435 e. The van der Waals surface area contributed by atoms with Crippen LogP contribution >= 0.6 is 0 Å². The molecule has 5 heteroatoms. The molecule has 1 aliphatic heterocycles. The normalized spacial score (nSPS) is 21.9.